The lowest BCUT2D eigenvalue weighted by molar-refractivity contribution is 0.0702. The molecule has 0 saturated carbocycles. The van der Waals surface area contributed by atoms with Gasteiger partial charge in [0.1, 0.15) is 4.88 Å². The number of H-pyrrole nitrogens is 1. The van der Waals surface area contributed by atoms with Gasteiger partial charge in [-0.3, -0.25) is 4.79 Å². The molecule has 0 aliphatic carbocycles. The molecule has 10 heteroatoms. The molecule has 6 rings (SSSR count). The molecule has 1 saturated heterocycles. The quantitative estimate of drug-likeness (QED) is 0.113. The van der Waals surface area contributed by atoms with E-state index in [1.165, 1.54) is 11.3 Å². The molecule has 3 aromatic carbocycles. The lowest BCUT2D eigenvalue weighted by Gasteiger charge is -1.90. The normalized spacial score (nSPS) is 13.9. The first-order chi connectivity index (χ1) is 18.6. The van der Waals surface area contributed by atoms with E-state index in [4.69, 9.17) is 21.3 Å². The number of thiophene rings is 1. The van der Waals surface area contributed by atoms with E-state index in [-0.39, 0.29) is 5.78 Å². The number of carboxylic acids is 1. The summed E-state index contributed by atoms with van der Waals surface area (Å²) in [4.78, 5) is 25.1. The number of rotatable bonds is 2. The number of fused-ring (bicyclic) bond motifs is 2. The molecule has 6 N–H and O–H groups in total. The number of carbonyl (C=O) groups excluding carboxylic acids is 1. The summed E-state index contributed by atoms with van der Waals surface area (Å²) in [5.74, 6) is -0.801. The number of ether oxygens (including phenoxy) is 1. The minimum Gasteiger partial charge on any atom is -0.477 e. The Morgan fingerprint density at radius 2 is 1.64 bits per heavy atom. The summed E-state index contributed by atoms with van der Waals surface area (Å²) in [6.07, 6.45) is 1.04. The Morgan fingerprint density at radius 3 is 2.15 bits per heavy atom. The van der Waals surface area contributed by atoms with Gasteiger partial charge in [-0.15, -0.1) is 11.3 Å². The predicted octanol–water partition coefficient (Wildman–Crippen LogP) is 7.50. The van der Waals surface area contributed by atoms with Gasteiger partial charge >= 0.3 is 5.97 Å². The van der Waals surface area contributed by atoms with Gasteiger partial charge in [-0.2, -0.15) is 0 Å². The minimum atomic E-state index is -0.864. The van der Waals surface area contributed by atoms with Crippen LogP contribution in [0.25, 0.3) is 21.0 Å². The summed E-state index contributed by atoms with van der Waals surface area (Å²) in [5, 5.41) is 10.8. The second-order valence-corrected chi connectivity index (χ2v) is 11.5. The number of carboxylic acid groups (broad SMARTS) is 1. The average molecular weight is 675 g/mol. The van der Waals surface area contributed by atoms with E-state index in [1.807, 2.05) is 72.8 Å². The number of anilines is 1. The monoisotopic (exact) mass is 673 g/mol. The van der Waals surface area contributed by atoms with Gasteiger partial charge in [0, 0.05) is 49.8 Å². The third kappa shape index (κ3) is 9.90. The second kappa shape index (κ2) is 14.9. The van der Waals surface area contributed by atoms with Gasteiger partial charge in [0.2, 0.25) is 0 Å². The van der Waals surface area contributed by atoms with Crippen LogP contribution < -0.4 is 11.5 Å². The molecule has 0 radical (unpaired) electrons. The zero-order chi connectivity index (χ0) is 28.4. The van der Waals surface area contributed by atoms with Gasteiger partial charge in [-0.1, -0.05) is 62.2 Å². The van der Waals surface area contributed by atoms with Crippen molar-refractivity contribution in [2.24, 2.45) is 5.73 Å². The Kier molecular flexibility index (Phi) is 11.7. The van der Waals surface area contributed by atoms with Crippen molar-refractivity contribution in [1.82, 2.24) is 4.98 Å². The van der Waals surface area contributed by atoms with Crippen molar-refractivity contribution in [3.8, 4) is 0 Å². The van der Waals surface area contributed by atoms with Crippen LogP contribution in [0.2, 0.25) is 0 Å². The molecular formula is C29H29Br2N3O4S. The number of halogens is 2. The van der Waals surface area contributed by atoms with Crippen molar-refractivity contribution >= 4 is 81.6 Å². The van der Waals surface area contributed by atoms with Crippen LogP contribution in [-0.2, 0) is 4.74 Å². The van der Waals surface area contributed by atoms with Gasteiger partial charge in [-0.25, -0.2) is 4.79 Å². The number of nitrogens with one attached hydrogen (secondary N) is 1. The molecule has 204 valence electrons. The summed E-state index contributed by atoms with van der Waals surface area (Å²) in [7, 11) is 0. The number of hydrogen-bond donors (Lipinski definition) is 4. The zero-order valence-corrected chi connectivity index (χ0v) is 25.2. The smallest absolute Gasteiger partial charge is 0.345 e. The van der Waals surface area contributed by atoms with Crippen molar-refractivity contribution < 1.29 is 19.4 Å². The Bertz CT molecular complexity index is 1440. The number of Topliss-reactive ketones (excluding diaryl/α,β-unsaturated/α-hetero) is 1. The third-order valence-corrected chi connectivity index (χ3v) is 7.49. The minimum absolute atomic E-state index is 0.0623. The lowest BCUT2D eigenvalue weighted by Crippen LogP contribution is -2.18. The van der Waals surface area contributed by atoms with Crippen LogP contribution in [0, 0.1) is 0 Å². The van der Waals surface area contributed by atoms with Crippen molar-refractivity contribution in [2.75, 3.05) is 18.9 Å². The van der Waals surface area contributed by atoms with Crippen LogP contribution in [0.5, 0.6) is 0 Å². The molecule has 0 bridgehead atoms. The number of aromatic amines is 1. The molecule has 5 aromatic rings. The van der Waals surface area contributed by atoms with Crippen LogP contribution in [0.15, 0.2) is 87.8 Å². The number of benzene rings is 3. The highest BCUT2D eigenvalue weighted by Gasteiger charge is 2.08. The predicted molar refractivity (Wildman–Crippen MR) is 167 cm³/mol. The van der Waals surface area contributed by atoms with Crippen molar-refractivity contribution in [2.45, 2.75) is 19.4 Å². The Morgan fingerprint density at radius 1 is 0.974 bits per heavy atom. The summed E-state index contributed by atoms with van der Waals surface area (Å²) < 4.78 is 7.91. The molecule has 1 fully saturated rings. The van der Waals surface area contributed by atoms with E-state index in [0.717, 1.165) is 55.3 Å². The standard InChI is InChI=1S/C10H8BrNO.C9H5BrO2S.C6H7N.C4H9NO/c1-6(13)9-4-7-2-3-8(11)5-10(7)12-9;10-6-2-1-5-3-8(9(11)12)13-7(5)4-6;7-6-4-2-1-3-5-6;5-4-1-2-6-3-4/h2-5,12H,1H3;1-4H,(H,11,12);1-5H,7H2;4H,1-3,5H2. The Balaban J connectivity index is 0.000000151. The first-order valence-corrected chi connectivity index (χ1v) is 14.4. The molecule has 0 amide bonds. The molecule has 39 heavy (non-hydrogen) atoms. The van der Waals surface area contributed by atoms with Crippen molar-refractivity contribution in [3.05, 3.63) is 98.4 Å². The Hall–Kier alpha value is -3.02. The molecule has 1 aliphatic rings. The highest BCUT2D eigenvalue weighted by Crippen LogP contribution is 2.28. The average Bonchev–Trinajstić information content (AvgIpc) is 3.65. The first-order valence-electron chi connectivity index (χ1n) is 12.0. The van der Waals surface area contributed by atoms with E-state index >= 15 is 0 Å². The number of para-hydroxylation sites is 1. The summed E-state index contributed by atoms with van der Waals surface area (Å²) in [6, 6.07) is 25.0. The van der Waals surface area contributed by atoms with Gasteiger partial charge in [0.05, 0.1) is 12.3 Å². The van der Waals surface area contributed by atoms with Crippen LogP contribution in [-0.4, -0.2) is 41.1 Å². The van der Waals surface area contributed by atoms with E-state index in [0.29, 0.717) is 16.6 Å². The number of aromatic nitrogens is 1. The third-order valence-electron chi connectivity index (χ3n) is 5.42. The molecule has 7 nitrogen and oxygen atoms in total. The fourth-order valence-electron chi connectivity index (χ4n) is 3.41. The molecule has 1 atom stereocenters. The molecule has 0 spiro atoms. The highest BCUT2D eigenvalue weighted by molar-refractivity contribution is 9.10. The number of carbonyl (C=O) groups is 2. The highest BCUT2D eigenvalue weighted by atomic mass is 79.9. The number of nitrogens with two attached hydrogens (primary N) is 2. The number of hydrogen-bond acceptors (Lipinski definition) is 6. The van der Waals surface area contributed by atoms with E-state index in [2.05, 4.69) is 36.8 Å². The van der Waals surface area contributed by atoms with Crippen LogP contribution in [0.4, 0.5) is 5.69 Å². The molecular weight excluding hydrogens is 646 g/mol. The topological polar surface area (TPSA) is 131 Å². The first kappa shape index (κ1) is 30.5. The number of nitrogen functional groups attached to an aromatic ring is 1. The van der Waals surface area contributed by atoms with Gasteiger partial charge in [0.25, 0.3) is 0 Å². The molecule has 1 unspecified atom stereocenters. The maximum atomic E-state index is 11.1. The van der Waals surface area contributed by atoms with Gasteiger partial charge < -0.3 is 26.3 Å². The molecule has 1 aliphatic heterocycles. The SMILES string of the molecule is CC(=O)c1cc2ccc(Br)cc2[nH]1.NC1CCOC1.Nc1ccccc1.O=C(O)c1cc2ccc(Br)cc2s1. The van der Waals surface area contributed by atoms with Gasteiger partial charge in [-0.05, 0) is 60.3 Å². The number of ketones is 1. The second-order valence-electron chi connectivity index (χ2n) is 8.60. The molecule has 2 aromatic heterocycles. The largest absolute Gasteiger partial charge is 0.477 e. The van der Waals surface area contributed by atoms with E-state index in [1.54, 1.807) is 13.0 Å². The summed E-state index contributed by atoms with van der Waals surface area (Å²) in [6.45, 7) is 3.18. The lowest BCUT2D eigenvalue weighted by atomic mass is 10.2. The summed E-state index contributed by atoms with van der Waals surface area (Å²) >= 11 is 8.00. The van der Waals surface area contributed by atoms with Crippen molar-refractivity contribution in [3.63, 3.8) is 0 Å². The fraction of sp³-hybridized carbons (Fsp3) is 0.172. The fourth-order valence-corrected chi connectivity index (χ4v) is 5.22. The summed E-state index contributed by atoms with van der Waals surface area (Å²) in [5.41, 5.74) is 13.2. The van der Waals surface area contributed by atoms with Crippen LogP contribution >= 0.6 is 43.2 Å². The number of aromatic carboxylic acids is 1. The molecule has 3 heterocycles. The van der Waals surface area contributed by atoms with E-state index < -0.39 is 5.97 Å². The van der Waals surface area contributed by atoms with Crippen molar-refractivity contribution in [1.29, 1.82) is 0 Å². The maximum Gasteiger partial charge on any atom is 0.345 e. The van der Waals surface area contributed by atoms with E-state index in [9.17, 15) is 9.59 Å². The van der Waals surface area contributed by atoms with Gasteiger partial charge in [0.15, 0.2) is 5.78 Å². The maximum absolute atomic E-state index is 11.1. The van der Waals surface area contributed by atoms with Crippen LogP contribution in [0.1, 0.15) is 33.5 Å². The Labute approximate surface area is 247 Å². The van der Waals surface area contributed by atoms with Crippen LogP contribution in [0.3, 0.4) is 0 Å². The zero-order valence-electron chi connectivity index (χ0n) is 21.2.